The Morgan fingerprint density at radius 2 is 1.25 bits per heavy atom. The van der Waals surface area contributed by atoms with E-state index in [4.69, 9.17) is 4.66 Å². The monoisotopic (exact) mass is 200 g/mol. The van der Waals surface area contributed by atoms with Crippen LogP contribution in [0.15, 0.2) is 0 Å². The molecule has 0 aromatic carbocycles. The van der Waals surface area contributed by atoms with Gasteiger partial charge in [0.15, 0.2) is 0 Å². The van der Waals surface area contributed by atoms with E-state index in [0.29, 0.717) is 0 Å². The topological polar surface area (TPSA) is 20.2 Å². The van der Waals surface area contributed by atoms with Gasteiger partial charge in [-0.3, -0.25) is 4.66 Å². The Labute approximate surface area is 82.5 Å². The molecule has 0 radical (unpaired) electrons. The van der Waals surface area contributed by atoms with E-state index >= 15 is 0 Å². The molecule has 0 aromatic rings. The van der Waals surface area contributed by atoms with Gasteiger partial charge in [-0.2, -0.15) is 0 Å². The molecule has 0 aliphatic rings. The molecule has 0 aromatic heterocycles. The maximum absolute atomic E-state index is 6.47. The van der Waals surface area contributed by atoms with Crippen LogP contribution in [-0.2, 0) is 0 Å². The summed E-state index contributed by atoms with van der Waals surface area (Å²) >= 11 is 3.64. The van der Waals surface area contributed by atoms with Crippen molar-refractivity contribution in [3.63, 3.8) is 0 Å². The van der Waals surface area contributed by atoms with Gasteiger partial charge in [-0.1, -0.05) is 0 Å². The summed E-state index contributed by atoms with van der Waals surface area (Å²) in [6.45, 7) is 0. The van der Waals surface area contributed by atoms with Crippen molar-refractivity contribution >= 4 is 79.6 Å². The molecule has 0 rings (SSSR count). The van der Waals surface area contributed by atoms with E-state index in [1.807, 2.05) is 0 Å². The standard InChI is InChI=1S/Ba.ClHO.Li.3H/c;1-2;;;;/h;2H;;;;. The zero-order valence-electron chi connectivity index (χ0n) is 0.825. The first-order chi connectivity index (χ1) is 1.00. The van der Waals surface area contributed by atoms with Crippen molar-refractivity contribution < 1.29 is 4.66 Å². The van der Waals surface area contributed by atoms with Crippen LogP contribution < -0.4 is 0 Å². The Kier molecular flexibility index (Phi) is 72.9. The van der Waals surface area contributed by atoms with Gasteiger partial charge in [-0.05, 0) is 0 Å². The third-order valence-electron chi connectivity index (χ3n) is 0. The molecule has 1 nitrogen and oxygen atoms in total. The van der Waals surface area contributed by atoms with Crippen LogP contribution in [0.5, 0.6) is 0 Å². The number of rotatable bonds is 0. The summed E-state index contributed by atoms with van der Waals surface area (Å²) in [6, 6.07) is 0. The number of halogens is 1. The Morgan fingerprint density at radius 3 is 1.25 bits per heavy atom. The average Bonchev–Trinajstić information content (AvgIpc) is 1.00. The molecule has 0 aliphatic heterocycles. The molecule has 4 heavy (non-hydrogen) atoms. The van der Waals surface area contributed by atoms with E-state index in [2.05, 4.69) is 11.9 Å². The average molecular weight is 200 g/mol. The molecule has 4 heteroatoms. The van der Waals surface area contributed by atoms with Gasteiger partial charge in [0.25, 0.3) is 0 Å². The van der Waals surface area contributed by atoms with Gasteiger partial charge in [0.05, 0.1) is 11.9 Å². The number of hydrogen-bond acceptors (Lipinski definition) is 1. The summed E-state index contributed by atoms with van der Waals surface area (Å²) in [6.07, 6.45) is 0. The van der Waals surface area contributed by atoms with Crippen molar-refractivity contribution in [3.05, 3.63) is 0 Å². The molecule has 0 bridgehead atoms. The molecule has 0 heterocycles. The third kappa shape index (κ3) is 8.83. The van der Waals surface area contributed by atoms with Gasteiger partial charge >= 0.3 is 67.7 Å². The molecule has 0 amide bonds. The zero-order valence-corrected chi connectivity index (χ0v) is 1.58. The predicted molar refractivity (Wildman–Crippen MR) is 23.8 cm³/mol. The summed E-state index contributed by atoms with van der Waals surface area (Å²) in [5.41, 5.74) is 0. The minimum atomic E-state index is 0. The second-order valence-electron chi connectivity index (χ2n) is 0. The van der Waals surface area contributed by atoms with Gasteiger partial charge in [0, 0.05) is 0 Å². The Balaban J connectivity index is -0.00000000500. The molecule has 0 saturated heterocycles. The molecular weight excluding hydrogens is 196 g/mol. The van der Waals surface area contributed by atoms with Gasteiger partial charge in [0.1, 0.15) is 0 Å². The third-order valence-corrected chi connectivity index (χ3v) is 0. The summed E-state index contributed by atoms with van der Waals surface area (Å²) in [4.78, 5) is 0. The Morgan fingerprint density at radius 1 is 1.25 bits per heavy atom. The second-order valence-corrected chi connectivity index (χ2v) is 0. The van der Waals surface area contributed by atoms with Gasteiger partial charge in [0.2, 0.25) is 0 Å². The number of hydrogen-bond donors (Lipinski definition) is 1. The van der Waals surface area contributed by atoms with Crippen molar-refractivity contribution in [3.8, 4) is 0 Å². The van der Waals surface area contributed by atoms with E-state index in [9.17, 15) is 0 Å². The van der Waals surface area contributed by atoms with Crippen molar-refractivity contribution in [2.24, 2.45) is 0 Å². The van der Waals surface area contributed by atoms with Crippen LogP contribution in [0.2, 0.25) is 0 Å². The molecule has 0 fully saturated rings. The molecule has 0 spiro atoms. The normalized spacial score (nSPS) is 1.50. The van der Waals surface area contributed by atoms with Crippen molar-refractivity contribution in [1.82, 2.24) is 0 Å². The van der Waals surface area contributed by atoms with Gasteiger partial charge in [-0.25, -0.2) is 0 Å². The van der Waals surface area contributed by atoms with Crippen molar-refractivity contribution in [2.75, 3.05) is 0 Å². The van der Waals surface area contributed by atoms with Crippen molar-refractivity contribution in [2.45, 2.75) is 0 Å². The van der Waals surface area contributed by atoms with Crippen LogP contribution >= 0.6 is 11.9 Å². The quantitative estimate of drug-likeness (QED) is 0.475. The molecule has 0 unspecified atom stereocenters. The van der Waals surface area contributed by atoms with Crippen LogP contribution in [0.25, 0.3) is 0 Å². The van der Waals surface area contributed by atoms with Crippen LogP contribution in [-0.4, -0.2) is 72.4 Å². The first-order valence-corrected chi connectivity index (χ1v) is 0.507. The van der Waals surface area contributed by atoms with E-state index in [1.165, 1.54) is 0 Å². The van der Waals surface area contributed by atoms with E-state index in [1.54, 1.807) is 0 Å². The van der Waals surface area contributed by atoms with Gasteiger partial charge in [-0.15, -0.1) is 0 Å². The minimum absolute atomic E-state index is 0. The first-order valence-electron chi connectivity index (χ1n) is 0.169. The van der Waals surface area contributed by atoms with Gasteiger partial charge < -0.3 is 0 Å². The summed E-state index contributed by atoms with van der Waals surface area (Å²) < 4.78 is 6.47. The fraction of sp³-hybridized carbons (Fsp3) is 0. The Hall–Kier alpha value is 2.42. The van der Waals surface area contributed by atoms with E-state index < -0.39 is 0 Å². The summed E-state index contributed by atoms with van der Waals surface area (Å²) in [7, 11) is 0. The fourth-order valence-corrected chi connectivity index (χ4v) is 0. The molecule has 0 aliphatic carbocycles. The van der Waals surface area contributed by atoms with E-state index in [0.717, 1.165) is 0 Å². The molecule has 0 saturated carbocycles. The molecule has 0 atom stereocenters. The molecule has 1 N–H and O–H groups in total. The van der Waals surface area contributed by atoms with Crippen LogP contribution in [0.4, 0.5) is 0 Å². The summed E-state index contributed by atoms with van der Waals surface area (Å²) in [5, 5.41) is 0. The van der Waals surface area contributed by atoms with Crippen molar-refractivity contribution in [1.29, 1.82) is 0 Å². The predicted octanol–water partition coefficient (Wildman–Crippen LogP) is -1.43. The van der Waals surface area contributed by atoms with Crippen LogP contribution in [0, 0.1) is 0 Å². The molecule has 20 valence electrons. The molecular formula is H4BaClLiO. The first kappa shape index (κ1) is 16.1. The zero-order chi connectivity index (χ0) is 2.00. The SMILES string of the molecule is OCl.[BaH2].[LiH]. The summed E-state index contributed by atoms with van der Waals surface area (Å²) in [5.74, 6) is 0. The Bertz CT molecular complexity index is 8.00. The second kappa shape index (κ2) is 18.1. The van der Waals surface area contributed by atoms with E-state index in [-0.39, 0.29) is 67.7 Å². The van der Waals surface area contributed by atoms with Crippen LogP contribution in [0.1, 0.15) is 0 Å². The maximum atomic E-state index is 6.47. The van der Waals surface area contributed by atoms with Crippen LogP contribution in [0.3, 0.4) is 0 Å². The fourth-order valence-electron chi connectivity index (χ4n) is 0.